The Labute approximate surface area is 115 Å². The number of hydrogen-bond acceptors (Lipinski definition) is 2. The number of nitrogens with one attached hydrogen (secondary N) is 2. The Kier molecular flexibility index (Phi) is 5.64. The first-order valence-electron chi connectivity index (χ1n) is 6.59. The van der Waals surface area contributed by atoms with Gasteiger partial charge in [0.25, 0.3) is 0 Å². The summed E-state index contributed by atoms with van der Waals surface area (Å²) in [5.41, 5.74) is 0. The zero-order valence-electron chi connectivity index (χ0n) is 11.6. The summed E-state index contributed by atoms with van der Waals surface area (Å²) >= 11 is 0. The minimum Gasteiger partial charge on any atom is -0.347 e. The lowest BCUT2D eigenvalue weighted by atomic mass is 9.96. The number of alkyl halides is 3. The molecule has 0 saturated carbocycles. The van der Waals surface area contributed by atoms with Gasteiger partial charge in [-0.2, -0.15) is 13.2 Å². The lowest BCUT2D eigenvalue weighted by molar-refractivity contribution is -0.141. The molecule has 0 radical (unpaired) electrons. The summed E-state index contributed by atoms with van der Waals surface area (Å²) in [5.74, 6) is -1.05. The van der Waals surface area contributed by atoms with Crippen molar-refractivity contribution >= 4 is 11.9 Å². The van der Waals surface area contributed by atoms with Crippen molar-refractivity contribution in [1.82, 2.24) is 15.5 Å². The summed E-state index contributed by atoms with van der Waals surface area (Å²) in [6.07, 6.45) is -3.63. The number of hydrogen-bond donors (Lipinski definition) is 2. The van der Waals surface area contributed by atoms with Crippen molar-refractivity contribution in [2.24, 2.45) is 5.92 Å². The molecule has 1 saturated heterocycles. The number of likely N-dealkylation sites (tertiary alicyclic amines) is 1. The summed E-state index contributed by atoms with van der Waals surface area (Å²) in [4.78, 5) is 24.9. The molecule has 1 rings (SSSR count). The largest absolute Gasteiger partial charge is 0.405 e. The molecule has 0 unspecified atom stereocenters. The highest BCUT2D eigenvalue weighted by atomic mass is 19.4. The molecule has 0 aliphatic carbocycles. The second-order valence-electron chi connectivity index (χ2n) is 5.20. The van der Waals surface area contributed by atoms with E-state index < -0.39 is 24.5 Å². The minimum atomic E-state index is -4.40. The van der Waals surface area contributed by atoms with E-state index in [2.05, 4.69) is 5.32 Å². The molecule has 5 nitrogen and oxygen atoms in total. The Hall–Kier alpha value is -1.47. The van der Waals surface area contributed by atoms with E-state index in [4.69, 9.17) is 0 Å². The van der Waals surface area contributed by atoms with Gasteiger partial charge in [-0.3, -0.25) is 4.79 Å². The average molecular weight is 295 g/mol. The van der Waals surface area contributed by atoms with Gasteiger partial charge < -0.3 is 15.5 Å². The van der Waals surface area contributed by atoms with Crippen molar-refractivity contribution in [2.45, 2.75) is 38.9 Å². The summed E-state index contributed by atoms with van der Waals surface area (Å²) in [5, 5.41) is 4.62. The van der Waals surface area contributed by atoms with E-state index >= 15 is 0 Å². The summed E-state index contributed by atoms with van der Waals surface area (Å²) < 4.78 is 36.0. The number of amides is 3. The second kappa shape index (κ2) is 6.81. The van der Waals surface area contributed by atoms with Crippen LogP contribution < -0.4 is 10.6 Å². The van der Waals surface area contributed by atoms with E-state index in [0.717, 1.165) is 0 Å². The molecule has 116 valence electrons. The molecule has 3 amide bonds. The van der Waals surface area contributed by atoms with Crippen molar-refractivity contribution in [3.05, 3.63) is 0 Å². The maximum Gasteiger partial charge on any atom is 0.405 e. The van der Waals surface area contributed by atoms with E-state index in [1.165, 1.54) is 0 Å². The zero-order chi connectivity index (χ0) is 15.3. The first-order chi connectivity index (χ1) is 9.19. The van der Waals surface area contributed by atoms with E-state index in [1.807, 2.05) is 19.2 Å². The molecule has 20 heavy (non-hydrogen) atoms. The van der Waals surface area contributed by atoms with Gasteiger partial charge in [0.15, 0.2) is 0 Å². The summed E-state index contributed by atoms with van der Waals surface area (Å²) in [7, 11) is 0. The van der Waals surface area contributed by atoms with Crippen LogP contribution in [0, 0.1) is 5.92 Å². The van der Waals surface area contributed by atoms with Crippen LogP contribution in [0.15, 0.2) is 0 Å². The monoisotopic (exact) mass is 295 g/mol. The molecular weight excluding hydrogens is 275 g/mol. The topological polar surface area (TPSA) is 61.4 Å². The predicted octanol–water partition coefficient (Wildman–Crippen LogP) is 1.49. The van der Waals surface area contributed by atoms with Crippen molar-refractivity contribution < 1.29 is 22.8 Å². The molecule has 0 atom stereocenters. The number of piperidine rings is 1. The van der Waals surface area contributed by atoms with Gasteiger partial charge in [0.1, 0.15) is 6.54 Å². The molecule has 1 aliphatic heterocycles. The van der Waals surface area contributed by atoms with Crippen molar-refractivity contribution in [2.75, 3.05) is 19.6 Å². The van der Waals surface area contributed by atoms with Crippen molar-refractivity contribution in [3.8, 4) is 0 Å². The van der Waals surface area contributed by atoms with Crippen molar-refractivity contribution in [3.63, 3.8) is 0 Å². The fraction of sp³-hybridized carbons (Fsp3) is 0.833. The van der Waals surface area contributed by atoms with E-state index in [9.17, 15) is 22.8 Å². The van der Waals surface area contributed by atoms with Gasteiger partial charge in [-0.15, -0.1) is 0 Å². The van der Waals surface area contributed by atoms with E-state index in [-0.39, 0.29) is 12.1 Å². The first kappa shape index (κ1) is 16.6. The van der Waals surface area contributed by atoms with Crippen LogP contribution in [0.25, 0.3) is 0 Å². The SMILES string of the molecule is CC(C)NC(=O)N1CCC(C(=O)NCC(F)(F)F)CC1. The molecule has 1 heterocycles. The summed E-state index contributed by atoms with van der Waals surface area (Å²) in [6.45, 7) is 3.13. The highest BCUT2D eigenvalue weighted by molar-refractivity contribution is 5.79. The third-order valence-corrected chi connectivity index (χ3v) is 3.03. The minimum absolute atomic E-state index is 0.0234. The third kappa shape index (κ3) is 5.66. The molecule has 1 fully saturated rings. The van der Waals surface area contributed by atoms with Gasteiger partial charge in [-0.05, 0) is 26.7 Å². The highest BCUT2D eigenvalue weighted by Gasteiger charge is 2.31. The quantitative estimate of drug-likeness (QED) is 0.829. The Morgan fingerprint density at radius 3 is 2.25 bits per heavy atom. The second-order valence-corrected chi connectivity index (χ2v) is 5.20. The van der Waals surface area contributed by atoms with Crippen LogP contribution in [0.4, 0.5) is 18.0 Å². The van der Waals surface area contributed by atoms with Crippen LogP contribution in [0.2, 0.25) is 0 Å². The molecule has 1 aliphatic rings. The van der Waals surface area contributed by atoms with Gasteiger partial charge in [-0.25, -0.2) is 4.79 Å². The lowest BCUT2D eigenvalue weighted by Gasteiger charge is -2.32. The number of nitrogens with zero attached hydrogens (tertiary/aromatic N) is 1. The number of carbonyl (C=O) groups excluding carboxylic acids is 2. The Morgan fingerprint density at radius 2 is 1.80 bits per heavy atom. The molecule has 0 spiro atoms. The molecule has 0 aromatic rings. The molecule has 0 aromatic carbocycles. The van der Waals surface area contributed by atoms with E-state index in [1.54, 1.807) is 4.90 Å². The fourth-order valence-corrected chi connectivity index (χ4v) is 2.01. The Bertz CT molecular complexity index is 350. The van der Waals surface area contributed by atoms with Crippen LogP contribution in [-0.2, 0) is 4.79 Å². The van der Waals surface area contributed by atoms with Crippen LogP contribution in [0.1, 0.15) is 26.7 Å². The average Bonchev–Trinajstić information content (AvgIpc) is 2.34. The number of rotatable bonds is 3. The molecule has 2 N–H and O–H groups in total. The van der Waals surface area contributed by atoms with Gasteiger partial charge in [0, 0.05) is 25.0 Å². The first-order valence-corrected chi connectivity index (χ1v) is 6.59. The highest BCUT2D eigenvalue weighted by Crippen LogP contribution is 2.18. The molecular formula is C12H20F3N3O2. The van der Waals surface area contributed by atoms with Gasteiger partial charge in [0.05, 0.1) is 0 Å². The number of urea groups is 1. The maximum absolute atomic E-state index is 12.0. The van der Waals surface area contributed by atoms with Crippen LogP contribution in [-0.4, -0.2) is 48.7 Å². The lowest BCUT2D eigenvalue weighted by Crippen LogP contribution is -2.49. The van der Waals surface area contributed by atoms with Crippen LogP contribution in [0.3, 0.4) is 0 Å². The van der Waals surface area contributed by atoms with E-state index in [0.29, 0.717) is 25.9 Å². The van der Waals surface area contributed by atoms with Gasteiger partial charge >= 0.3 is 12.2 Å². The normalized spacial score (nSPS) is 17.2. The Balaban J connectivity index is 2.34. The molecule has 0 aromatic heterocycles. The van der Waals surface area contributed by atoms with Crippen LogP contribution in [0.5, 0.6) is 0 Å². The van der Waals surface area contributed by atoms with Gasteiger partial charge in [-0.1, -0.05) is 0 Å². The van der Waals surface area contributed by atoms with Crippen molar-refractivity contribution in [1.29, 1.82) is 0 Å². The predicted molar refractivity (Wildman–Crippen MR) is 67.0 cm³/mol. The molecule has 0 bridgehead atoms. The third-order valence-electron chi connectivity index (χ3n) is 3.03. The smallest absolute Gasteiger partial charge is 0.347 e. The fourth-order valence-electron chi connectivity index (χ4n) is 2.01. The standard InChI is InChI=1S/C12H20F3N3O2/c1-8(2)17-11(20)18-5-3-9(4-6-18)10(19)16-7-12(13,14)15/h8-9H,3-7H2,1-2H3,(H,16,19)(H,17,20). The maximum atomic E-state index is 12.0. The van der Waals surface area contributed by atoms with Crippen LogP contribution >= 0.6 is 0 Å². The van der Waals surface area contributed by atoms with Gasteiger partial charge in [0.2, 0.25) is 5.91 Å². The number of carbonyl (C=O) groups is 2. The summed E-state index contributed by atoms with van der Waals surface area (Å²) in [6, 6.07) is -0.176. The molecule has 8 heteroatoms. The number of halogens is 3. The zero-order valence-corrected chi connectivity index (χ0v) is 11.6. The Morgan fingerprint density at radius 1 is 1.25 bits per heavy atom.